The first-order valence-electron chi connectivity index (χ1n) is 4.74. The molecule has 0 fully saturated rings. The molecule has 0 atom stereocenters. The highest BCUT2D eigenvalue weighted by atomic mass is 127. The Morgan fingerprint density at radius 3 is 3.06 bits per heavy atom. The van der Waals surface area contributed by atoms with E-state index in [1.54, 1.807) is 0 Å². The molecule has 4 heteroatoms. The van der Waals surface area contributed by atoms with E-state index < -0.39 is 0 Å². The maximum Gasteiger partial charge on any atom is 0.197 e. The van der Waals surface area contributed by atoms with E-state index in [9.17, 15) is 4.79 Å². The minimum Gasteiger partial charge on any atom is -0.350 e. The Morgan fingerprint density at radius 1 is 1.31 bits per heavy atom. The second-order valence-corrected chi connectivity index (χ2v) is 7.13. The monoisotopic (exact) mass is 435 g/mol. The molecule has 0 aliphatic carbocycles. The molecule has 3 rings (SSSR count). The lowest BCUT2D eigenvalue weighted by atomic mass is 10.1. The van der Waals surface area contributed by atoms with Gasteiger partial charge in [-0.25, -0.2) is 0 Å². The van der Waals surface area contributed by atoms with Gasteiger partial charge < -0.3 is 4.98 Å². The van der Waals surface area contributed by atoms with E-state index in [0.717, 1.165) is 23.7 Å². The predicted molar refractivity (Wildman–Crippen MR) is 85.1 cm³/mol. The molecule has 0 saturated carbocycles. The van der Waals surface area contributed by atoms with Gasteiger partial charge in [-0.05, 0) is 50.9 Å². The molecule has 1 N–H and O–H groups in total. The number of pyridine rings is 1. The van der Waals surface area contributed by atoms with Gasteiger partial charge in [-0.1, -0.05) is 26.8 Å². The third-order valence-electron chi connectivity index (χ3n) is 2.46. The van der Waals surface area contributed by atoms with E-state index >= 15 is 0 Å². The minimum absolute atomic E-state index is 0.157. The Balaban J connectivity index is 2.50. The van der Waals surface area contributed by atoms with Gasteiger partial charge >= 0.3 is 0 Å². The fourth-order valence-electron chi connectivity index (χ4n) is 1.72. The van der Waals surface area contributed by atoms with Crippen LogP contribution in [-0.2, 0) is 0 Å². The van der Waals surface area contributed by atoms with Crippen molar-refractivity contribution in [3.63, 3.8) is 0 Å². The van der Waals surface area contributed by atoms with Crippen molar-refractivity contribution in [3.05, 3.63) is 47.3 Å². The molecule has 0 unspecified atom stereocenters. The Hall–Kier alpha value is -0.500. The van der Waals surface area contributed by atoms with Crippen LogP contribution in [-0.4, -0.2) is 9.00 Å². The number of halogens is 2. The van der Waals surface area contributed by atoms with E-state index in [1.807, 2.05) is 30.4 Å². The van der Waals surface area contributed by atoms with Crippen LogP contribution in [0.3, 0.4) is 0 Å². The predicted octanol–water partition coefficient (Wildman–Crippen LogP) is 3.10. The van der Waals surface area contributed by atoms with E-state index in [1.165, 1.54) is 0 Å². The first-order valence-corrected chi connectivity index (χ1v) is 8.15. The van der Waals surface area contributed by atoms with Crippen molar-refractivity contribution in [3.8, 4) is 0 Å². The van der Waals surface area contributed by atoms with Gasteiger partial charge in [-0.2, -0.15) is 0 Å². The van der Waals surface area contributed by atoms with Gasteiger partial charge in [0.2, 0.25) is 0 Å². The number of aromatic amines is 1. The summed E-state index contributed by atoms with van der Waals surface area (Å²) in [5.41, 5.74) is 1.97. The highest BCUT2D eigenvalue weighted by molar-refractivity contribution is 14.2. The fourth-order valence-corrected chi connectivity index (χ4v) is 4.19. The van der Waals surface area contributed by atoms with Gasteiger partial charge in [0.1, 0.15) is 0 Å². The highest BCUT2D eigenvalue weighted by Crippen LogP contribution is 2.21. The number of fused-ring (bicyclic) bond motifs is 2. The normalized spacial score (nSPS) is 13.6. The molecule has 1 aliphatic rings. The second kappa shape index (κ2) is 4.06. The molecule has 1 aromatic heterocycles. The number of allylic oxidation sites excluding steroid dienone is 1. The molecule has 2 aromatic rings. The van der Waals surface area contributed by atoms with Crippen LogP contribution in [0.1, 0.15) is 5.56 Å². The molecule has 2 heterocycles. The largest absolute Gasteiger partial charge is 0.350 e. The third-order valence-corrected chi connectivity index (χ3v) is 5.38. The van der Waals surface area contributed by atoms with Crippen LogP contribution in [0, 0.1) is 7.27 Å². The molecule has 16 heavy (non-hydrogen) atoms. The number of nitrogens with one attached hydrogen (secondary N) is 1. The van der Waals surface area contributed by atoms with Gasteiger partial charge in [-0.15, -0.1) is 0 Å². The van der Waals surface area contributed by atoms with Crippen molar-refractivity contribution in [2.45, 2.75) is 0 Å². The SMILES string of the molecule is O=c1c2c([nH]c3cc(I)ccc13)I=CC=C2. The number of H-pyrrole nitrogens is 1. The first-order chi connectivity index (χ1) is 7.75. The molecule has 1 aliphatic heterocycles. The summed E-state index contributed by atoms with van der Waals surface area (Å²) in [6.45, 7) is 0. The molecule has 0 bridgehead atoms. The Morgan fingerprint density at radius 2 is 2.19 bits per heavy atom. The van der Waals surface area contributed by atoms with Crippen molar-refractivity contribution in [1.29, 1.82) is 0 Å². The maximum atomic E-state index is 12.2. The van der Waals surface area contributed by atoms with Crippen LogP contribution in [0.2, 0.25) is 0 Å². The Labute approximate surface area is 116 Å². The lowest BCUT2D eigenvalue weighted by Gasteiger charge is -2.07. The summed E-state index contributed by atoms with van der Waals surface area (Å²) < 4.78 is 4.44. The van der Waals surface area contributed by atoms with Gasteiger partial charge in [0.05, 0.1) is 14.8 Å². The molecular weight excluding hydrogens is 428 g/mol. The standard InChI is InChI=1S/C12H7I2NO/c13-7-3-4-8-10(6-7)15-12-9(11(8)16)2-1-5-14-12/h1-6H,(H,15,16). The van der Waals surface area contributed by atoms with Crippen LogP contribution in [0.5, 0.6) is 0 Å². The van der Waals surface area contributed by atoms with Crippen molar-refractivity contribution in [2.24, 2.45) is 0 Å². The van der Waals surface area contributed by atoms with E-state index in [4.69, 9.17) is 0 Å². The summed E-state index contributed by atoms with van der Waals surface area (Å²) in [6, 6.07) is 5.90. The van der Waals surface area contributed by atoms with Crippen LogP contribution < -0.4 is 5.43 Å². The quantitative estimate of drug-likeness (QED) is 0.501. The van der Waals surface area contributed by atoms with Crippen LogP contribution in [0.15, 0.2) is 29.1 Å². The van der Waals surface area contributed by atoms with Gasteiger partial charge in [0, 0.05) is 8.96 Å². The first kappa shape index (κ1) is 10.6. The summed E-state index contributed by atoms with van der Waals surface area (Å²) in [7, 11) is 0. The smallest absolute Gasteiger partial charge is 0.197 e. The summed E-state index contributed by atoms with van der Waals surface area (Å²) in [6.07, 6.45) is 3.90. The molecule has 80 valence electrons. The number of hydrogen-bond donors (Lipinski definition) is 1. The summed E-state index contributed by atoms with van der Waals surface area (Å²) in [4.78, 5) is 15.6. The van der Waals surface area contributed by atoms with Crippen molar-refractivity contribution < 1.29 is 0 Å². The van der Waals surface area contributed by atoms with Crippen LogP contribution >= 0.6 is 43.3 Å². The maximum absolute atomic E-state index is 12.2. The highest BCUT2D eigenvalue weighted by Gasteiger charge is 2.09. The molecule has 0 amide bonds. The zero-order valence-corrected chi connectivity index (χ0v) is 12.4. The Kier molecular flexibility index (Phi) is 2.70. The zero-order valence-electron chi connectivity index (χ0n) is 8.13. The number of aromatic nitrogens is 1. The van der Waals surface area contributed by atoms with E-state index in [2.05, 4.69) is 31.6 Å². The number of hydrogen-bond acceptors (Lipinski definition) is 1. The van der Waals surface area contributed by atoms with Gasteiger partial charge in [0.15, 0.2) is 5.43 Å². The number of rotatable bonds is 0. The lowest BCUT2D eigenvalue weighted by molar-refractivity contribution is 1.30. The van der Waals surface area contributed by atoms with Gasteiger partial charge in [-0.3, -0.25) is 4.79 Å². The van der Waals surface area contributed by atoms with E-state index in [-0.39, 0.29) is 26.2 Å². The van der Waals surface area contributed by atoms with E-state index in [0.29, 0.717) is 0 Å². The van der Waals surface area contributed by atoms with Crippen LogP contribution in [0.4, 0.5) is 0 Å². The van der Waals surface area contributed by atoms with Gasteiger partial charge in [0.25, 0.3) is 0 Å². The summed E-state index contributed by atoms with van der Waals surface area (Å²) in [5, 5.41) is 0.787. The molecular formula is C12H7I2NO. The molecule has 1 aromatic carbocycles. The second-order valence-electron chi connectivity index (χ2n) is 3.47. The minimum atomic E-state index is -0.176. The molecule has 2 nitrogen and oxygen atoms in total. The Bertz CT molecular complexity index is 698. The molecule has 0 radical (unpaired) electrons. The molecule has 0 saturated heterocycles. The lowest BCUT2D eigenvalue weighted by Crippen LogP contribution is -2.11. The van der Waals surface area contributed by atoms with Crippen molar-refractivity contribution in [1.82, 2.24) is 4.98 Å². The average molecular weight is 435 g/mol. The fraction of sp³-hybridized carbons (Fsp3) is 0. The summed E-state index contributed by atoms with van der Waals surface area (Å²) >= 11 is 2.08. The zero-order chi connectivity index (χ0) is 11.1. The topological polar surface area (TPSA) is 32.9 Å². The average Bonchev–Trinajstić information content (AvgIpc) is 2.29. The number of benzene rings is 1. The van der Waals surface area contributed by atoms with Crippen molar-refractivity contribution >= 4 is 64.3 Å². The van der Waals surface area contributed by atoms with Crippen molar-refractivity contribution in [2.75, 3.05) is 0 Å². The third kappa shape index (κ3) is 1.67. The van der Waals surface area contributed by atoms with Crippen LogP contribution in [0.25, 0.3) is 17.0 Å². The molecule has 0 spiro atoms. The summed E-state index contributed by atoms with van der Waals surface area (Å²) in [5.74, 6) is 0.